The zero-order valence-electron chi connectivity index (χ0n) is 14.1. The molecule has 3 nitrogen and oxygen atoms in total. The van der Waals surface area contributed by atoms with Gasteiger partial charge in [-0.15, -0.1) is 0 Å². The van der Waals surface area contributed by atoms with Gasteiger partial charge in [0.05, 0.1) is 11.3 Å². The van der Waals surface area contributed by atoms with Crippen LogP contribution in [0.15, 0.2) is 29.1 Å². The number of aryl methyl sites for hydroxylation is 1. The zero-order chi connectivity index (χ0) is 16.0. The second kappa shape index (κ2) is 5.33. The first kappa shape index (κ1) is 14.7. The lowest BCUT2D eigenvalue weighted by atomic mass is 9.69. The van der Waals surface area contributed by atoms with Gasteiger partial charge in [0.2, 0.25) is 0 Å². The molecule has 1 atom stereocenters. The fraction of sp³-hybridized carbons (Fsp3) is 0.500. The van der Waals surface area contributed by atoms with Crippen LogP contribution in [0, 0.1) is 0 Å². The van der Waals surface area contributed by atoms with Crippen LogP contribution in [0.2, 0.25) is 0 Å². The molecule has 0 fully saturated rings. The van der Waals surface area contributed by atoms with Gasteiger partial charge in [0.25, 0.3) is 5.56 Å². The molecule has 0 amide bonds. The van der Waals surface area contributed by atoms with Gasteiger partial charge in [-0.3, -0.25) is 9.36 Å². The van der Waals surface area contributed by atoms with E-state index < -0.39 is 0 Å². The van der Waals surface area contributed by atoms with Gasteiger partial charge < -0.3 is 0 Å². The fourth-order valence-electron chi connectivity index (χ4n) is 4.20. The molecule has 120 valence electrons. The van der Waals surface area contributed by atoms with Crippen molar-refractivity contribution in [2.24, 2.45) is 0 Å². The van der Waals surface area contributed by atoms with Gasteiger partial charge in [-0.1, -0.05) is 44.5 Å². The summed E-state index contributed by atoms with van der Waals surface area (Å²) in [6, 6.07) is 8.47. The summed E-state index contributed by atoms with van der Waals surface area (Å²) in [4.78, 5) is 18.3. The van der Waals surface area contributed by atoms with Crippen molar-refractivity contribution in [2.75, 3.05) is 0 Å². The minimum Gasteiger partial charge on any atom is -0.296 e. The lowest BCUT2D eigenvalue weighted by Gasteiger charge is -2.35. The molecular weight excluding hydrogens is 284 g/mol. The summed E-state index contributed by atoms with van der Waals surface area (Å²) in [6.45, 7) is 5.25. The molecule has 1 aliphatic heterocycles. The third kappa shape index (κ3) is 2.17. The molecule has 0 N–H and O–H groups in total. The molecule has 0 unspecified atom stereocenters. The van der Waals surface area contributed by atoms with Gasteiger partial charge in [0.1, 0.15) is 5.82 Å². The maximum absolute atomic E-state index is 13.3. The lowest BCUT2D eigenvalue weighted by Crippen LogP contribution is -2.40. The van der Waals surface area contributed by atoms with Crippen molar-refractivity contribution in [1.82, 2.24) is 9.55 Å². The molecule has 2 aromatic rings. The Kier molecular flexibility index (Phi) is 3.40. The second-order valence-corrected chi connectivity index (χ2v) is 7.27. The minimum atomic E-state index is -0.109. The molecule has 0 bridgehead atoms. The second-order valence-electron chi connectivity index (χ2n) is 7.27. The molecule has 1 aliphatic carbocycles. The van der Waals surface area contributed by atoms with Crippen molar-refractivity contribution in [3.05, 3.63) is 51.6 Å². The third-order valence-electron chi connectivity index (χ3n) is 5.77. The van der Waals surface area contributed by atoms with Crippen molar-refractivity contribution in [3.63, 3.8) is 0 Å². The molecule has 2 heterocycles. The van der Waals surface area contributed by atoms with Gasteiger partial charge in [-0.05, 0) is 31.2 Å². The molecule has 23 heavy (non-hydrogen) atoms. The summed E-state index contributed by atoms with van der Waals surface area (Å²) in [5, 5.41) is 0. The Bertz CT molecular complexity index is 821. The molecule has 0 saturated carbocycles. The Labute approximate surface area is 137 Å². The van der Waals surface area contributed by atoms with Crippen LogP contribution in [-0.2, 0) is 24.8 Å². The highest BCUT2D eigenvalue weighted by Crippen LogP contribution is 2.42. The topological polar surface area (TPSA) is 34.9 Å². The van der Waals surface area contributed by atoms with E-state index in [0.29, 0.717) is 0 Å². The number of fused-ring (bicyclic) bond motifs is 4. The van der Waals surface area contributed by atoms with Crippen LogP contribution in [0.3, 0.4) is 0 Å². The quantitative estimate of drug-likeness (QED) is 0.802. The van der Waals surface area contributed by atoms with Crippen LogP contribution in [0.1, 0.15) is 56.5 Å². The van der Waals surface area contributed by atoms with E-state index in [0.717, 1.165) is 61.3 Å². The van der Waals surface area contributed by atoms with Crippen LogP contribution in [0.25, 0.3) is 11.3 Å². The molecule has 3 heteroatoms. The summed E-state index contributed by atoms with van der Waals surface area (Å²) in [6.07, 6.45) is 6.24. The predicted octanol–water partition coefficient (Wildman–Crippen LogP) is 3.86. The highest BCUT2D eigenvalue weighted by molar-refractivity contribution is 5.71. The monoisotopic (exact) mass is 308 g/mol. The highest BCUT2D eigenvalue weighted by atomic mass is 16.1. The summed E-state index contributed by atoms with van der Waals surface area (Å²) in [5.74, 6) is 0.987. The van der Waals surface area contributed by atoms with Crippen LogP contribution in [0.4, 0.5) is 0 Å². The van der Waals surface area contributed by atoms with Gasteiger partial charge in [-0.2, -0.15) is 0 Å². The van der Waals surface area contributed by atoms with E-state index in [1.165, 1.54) is 12.0 Å². The summed E-state index contributed by atoms with van der Waals surface area (Å²) in [7, 11) is 0. The molecule has 0 saturated heterocycles. The molecule has 0 radical (unpaired) electrons. The standard InChI is InChI=1S/C20H24N2O/c1-3-20(2)13-14-9-6-7-10-15(14)18-17(20)19(23)22-12-8-4-5-11-16(22)21-18/h6-7,9-10H,3-5,8,11-13H2,1-2H3/t20-/m0/s1. The van der Waals surface area contributed by atoms with Crippen molar-refractivity contribution < 1.29 is 0 Å². The number of hydrogen-bond acceptors (Lipinski definition) is 2. The molecular formula is C20H24N2O. The molecule has 1 aromatic heterocycles. The third-order valence-corrected chi connectivity index (χ3v) is 5.77. The van der Waals surface area contributed by atoms with Crippen molar-refractivity contribution in [3.8, 4) is 11.3 Å². The van der Waals surface area contributed by atoms with E-state index in [-0.39, 0.29) is 11.0 Å². The average molecular weight is 308 g/mol. The Balaban J connectivity index is 2.06. The summed E-state index contributed by atoms with van der Waals surface area (Å²) >= 11 is 0. The van der Waals surface area contributed by atoms with Crippen LogP contribution >= 0.6 is 0 Å². The fourth-order valence-corrected chi connectivity index (χ4v) is 4.20. The van der Waals surface area contributed by atoms with Crippen LogP contribution < -0.4 is 5.56 Å². The van der Waals surface area contributed by atoms with E-state index in [1.807, 2.05) is 4.57 Å². The Morgan fingerprint density at radius 1 is 1.22 bits per heavy atom. The molecule has 4 rings (SSSR count). The van der Waals surface area contributed by atoms with E-state index in [1.54, 1.807) is 0 Å². The lowest BCUT2D eigenvalue weighted by molar-refractivity contribution is 0.431. The molecule has 0 spiro atoms. The number of benzene rings is 1. The minimum absolute atomic E-state index is 0.109. The number of rotatable bonds is 1. The zero-order valence-corrected chi connectivity index (χ0v) is 14.1. The Hall–Kier alpha value is -1.90. The van der Waals surface area contributed by atoms with E-state index in [9.17, 15) is 4.79 Å². The largest absolute Gasteiger partial charge is 0.296 e. The van der Waals surface area contributed by atoms with Crippen molar-refractivity contribution in [1.29, 1.82) is 0 Å². The summed E-state index contributed by atoms with van der Waals surface area (Å²) < 4.78 is 1.97. The normalized spacial score (nSPS) is 22.7. The Morgan fingerprint density at radius 2 is 2.04 bits per heavy atom. The molecule has 2 aliphatic rings. The summed E-state index contributed by atoms with van der Waals surface area (Å²) in [5.41, 5.74) is 4.50. The van der Waals surface area contributed by atoms with Gasteiger partial charge >= 0.3 is 0 Å². The predicted molar refractivity (Wildman–Crippen MR) is 92.8 cm³/mol. The number of nitrogens with zero attached hydrogens (tertiary/aromatic N) is 2. The van der Waals surface area contributed by atoms with E-state index >= 15 is 0 Å². The van der Waals surface area contributed by atoms with E-state index in [4.69, 9.17) is 4.98 Å². The van der Waals surface area contributed by atoms with Crippen molar-refractivity contribution in [2.45, 2.75) is 64.3 Å². The first-order valence-corrected chi connectivity index (χ1v) is 8.86. The SMILES string of the molecule is CC[C@@]1(C)Cc2ccccc2-c2nc3n(c(=O)c21)CCCCC3. The van der Waals surface area contributed by atoms with Crippen LogP contribution in [0.5, 0.6) is 0 Å². The molecule has 1 aromatic carbocycles. The smallest absolute Gasteiger partial charge is 0.257 e. The maximum atomic E-state index is 13.3. The Morgan fingerprint density at radius 3 is 2.87 bits per heavy atom. The van der Waals surface area contributed by atoms with Crippen molar-refractivity contribution >= 4 is 0 Å². The van der Waals surface area contributed by atoms with Gasteiger partial charge in [-0.25, -0.2) is 4.98 Å². The first-order valence-electron chi connectivity index (χ1n) is 8.86. The number of hydrogen-bond donors (Lipinski definition) is 0. The maximum Gasteiger partial charge on any atom is 0.257 e. The first-order chi connectivity index (χ1) is 11.1. The van der Waals surface area contributed by atoms with Crippen LogP contribution in [-0.4, -0.2) is 9.55 Å². The van der Waals surface area contributed by atoms with E-state index in [2.05, 4.69) is 38.1 Å². The highest BCUT2D eigenvalue weighted by Gasteiger charge is 2.38. The van der Waals surface area contributed by atoms with Gasteiger partial charge in [0, 0.05) is 23.9 Å². The average Bonchev–Trinajstić information content (AvgIpc) is 2.80. The number of aromatic nitrogens is 2. The van der Waals surface area contributed by atoms with Gasteiger partial charge in [0.15, 0.2) is 0 Å².